The molecule has 5 rings (SSSR count). The lowest BCUT2D eigenvalue weighted by Gasteiger charge is -2.26. The second kappa shape index (κ2) is 6.93. The van der Waals surface area contributed by atoms with Crippen molar-refractivity contribution in [1.29, 1.82) is 0 Å². The second-order valence-corrected chi connectivity index (χ2v) is 7.97. The molecule has 0 atom stereocenters. The van der Waals surface area contributed by atoms with Gasteiger partial charge in [0.05, 0.1) is 0 Å². The van der Waals surface area contributed by atoms with Crippen LogP contribution in [0.1, 0.15) is 48.0 Å². The molecule has 1 N–H and O–H groups in total. The second-order valence-electron chi connectivity index (χ2n) is 7.97. The zero-order valence-electron chi connectivity index (χ0n) is 16.2. The first-order valence-electron chi connectivity index (χ1n) is 10.2. The monoisotopic (exact) mass is 375 g/mol. The maximum atomic E-state index is 12.4. The first kappa shape index (κ1) is 17.2. The summed E-state index contributed by atoms with van der Waals surface area (Å²) in [7, 11) is 0. The highest BCUT2D eigenvalue weighted by Crippen LogP contribution is 2.28. The van der Waals surface area contributed by atoms with Crippen LogP contribution in [0.4, 0.5) is 5.95 Å². The number of aromatic nitrogens is 3. The van der Waals surface area contributed by atoms with Crippen molar-refractivity contribution in [2.75, 3.05) is 18.0 Å². The zero-order valence-corrected chi connectivity index (χ0v) is 16.2. The Morgan fingerprint density at radius 1 is 1.07 bits per heavy atom. The van der Waals surface area contributed by atoms with Crippen LogP contribution in [0.5, 0.6) is 0 Å². The van der Waals surface area contributed by atoms with Gasteiger partial charge in [-0.05, 0) is 80.0 Å². The van der Waals surface area contributed by atoms with Gasteiger partial charge >= 0.3 is 0 Å². The highest BCUT2D eigenvalue weighted by Gasteiger charge is 2.24. The summed E-state index contributed by atoms with van der Waals surface area (Å²) >= 11 is 0. The van der Waals surface area contributed by atoms with Gasteiger partial charge in [-0.3, -0.25) is 9.20 Å². The summed E-state index contributed by atoms with van der Waals surface area (Å²) in [6, 6.07) is 10.4. The normalized spacial score (nSPS) is 17.1. The lowest BCUT2D eigenvalue weighted by atomic mass is 9.98. The van der Waals surface area contributed by atoms with E-state index in [1.807, 2.05) is 24.4 Å². The number of aryl methyl sites for hydroxylation is 1. The third-order valence-corrected chi connectivity index (χ3v) is 5.75. The van der Waals surface area contributed by atoms with Gasteiger partial charge in [0.2, 0.25) is 5.95 Å². The van der Waals surface area contributed by atoms with Crippen molar-refractivity contribution in [3.63, 3.8) is 0 Å². The molecule has 2 fully saturated rings. The Labute approximate surface area is 164 Å². The van der Waals surface area contributed by atoms with Crippen LogP contribution in [0.3, 0.4) is 0 Å². The average Bonchev–Trinajstić information content (AvgIpc) is 3.44. The van der Waals surface area contributed by atoms with Crippen molar-refractivity contribution in [3.05, 3.63) is 47.7 Å². The Bertz CT molecular complexity index is 1030. The van der Waals surface area contributed by atoms with E-state index in [0.29, 0.717) is 11.6 Å². The summed E-state index contributed by atoms with van der Waals surface area (Å²) in [6.45, 7) is 4.16. The molecule has 6 nitrogen and oxygen atoms in total. The number of piperidine rings is 1. The fourth-order valence-corrected chi connectivity index (χ4v) is 3.93. The minimum absolute atomic E-state index is 0.0136. The van der Waals surface area contributed by atoms with Crippen molar-refractivity contribution in [2.45, 2.75) is 45.1 Å². The molecule has 1 saturated carbocycles. The Balaban J connectivity index is 1.48. The largest absolute Gasteiger partial charge is 0.349 e. The van der Waals surface area contributed by atoms with E-state index in [-0.39, 0.29) is 5.91 Å². The van der Waals surface area contributed by atoms with Gasteiger partial charge < -0.3 is 10.2 Å². The molecule has 1 aliphatic heterocycles. The van der Waals surface area contributed by atoms with E-state index >= 15 is 0 Å². The van der Waals surface area contributed by atoms with Crippen molar-refractivity contribution in [2.24, 2.45) is 0 Å². The van der Waals surface area contributed by atoms with Crippen LogP contribution < -0.4 is 10.2 Å². The molecule has 1 aliphatic carbocycles. The Morgan fingerprint density at radius 2 is 1.89 bits per heavy atom. The van der Waals surface area contributed by atoms with Crippen LogP contribution in [0.2, 0.25) is 0 Å². The van der Waals surface area contributed by atoms with E-state index in [1.54, 1.807) is 0 Å². The molecule has 1 saturated heterocycles. The molecule has 0 bridgehead atoms. The maximum Gasteiger partial charge on any atom is 0.251 e. The molecule has 3 aromatic rings. The fraction of sp³-hybridized carbons (Fsp3) is 0.409. The standard InChI is InChI=1S/C22H25N5O/c1-15-5-6-17(21(28)23-18-7-8-18)13-19(15)16-9-12-27-20(14-16)24-25-22(27)26-10-3-2-4-11-26/h5-6,9,12-14,18H,2-4,7-8,10-11H2,1H3,(H,23,28). The number of amides is 1. The number of carbonyl (C=O) groups is 1. The number of hydrogen-bond donors (Lipinski definition) is 1. The van der Waals surface area contributed by atoms with Crippen molar-refractivity contribution < 1.29 is 4.79 Å². The first-order valence-corrected chi connectivity index (χ1v) is 10.2. The number of pyridine rings is 1. The summed E-state index contributed by atoms with van der Waals surface area (Å²) in [5, 5.41) is 11.9. The number of benzene rings is 1. The number of hydrogen-bond acceptors (Lipinski definition) is 4. The van der Waals surface area contributed by atoms with Crippen LogP contribution in [-0.4, -0.2) is 39.6 Å². The molecule has 28 heavy (non-hydrogen) atoms. The predicted octanol–water partition coefficient (Wildman–Crippen LogP) is 3.59. The highest BCUT2D eigenvalue weighted by molar-refractivity contribution is 5.96. The van der Waals surface area contributed by atoms with E-state index in [4.69, 9.17) is 0 Å². The molecule has 0 radical (unpaired) electrons. The van der Waals surface area contributed by atoms with Crippen LogP contribution in [0, 0.1) is 6.92 Å². The van der Waals surface area contributed by atoms with E-state index in [0.717, 1.165) is 54.2 Å². The molecule has 1 aromatic carbocycles. The molecule has 0 spiro atoms. The lowest BCUT2D eigenvalue weighted by molar-refractivity contribution is 0.0951. The summed E-state index contributed by atoms with van der Waals surface area (Å²) in [5.74, 6) is 0.940. The van der Waals surface area contributed by atoms with Gasteiger partial charge in [0.1, 0.15) is 0 Å². The summed E-state index contributed by atoms with van der Waals surface area (Å²) < 4.78 is 2.06. The number of rotatable bonds is 4. The van der Waals surface area contributed by atoms with Gasteiger partial charge in [0, 0.05) is 30.9 Å². The SMILES string of the molecule is Cc1ccc(C(=O)NC2CC2)cc1-c1ccn2c(N3CCCCC3)nnc2c1. The molecule has 3 heterocycles. The number of fused-ring (bicyclic) bond motifs is 1. The topological polar surface area (TPSA) is 62.5 Å². The molecule has 144 valence electrons. The molecule has 6 heteroatoms. The molecule has 1 amide bonds. The summed E-state index contributed by atoms with van der Waals surface area (Å²) in [6.07, 6.45) is 7.94. The van der Waals surface area contributed by atoms with Gasteiger partial charge in [-0.15, -0.1) is 10.2 Å². The van der Waals surface area contributed by atoms with Gasteiger partial charge in [-0.2, -0.15) is 0 Å². The molecular formula is C22H25N5O. The minimum atomic E-state index is 0.0136. The van der Waals surface area contributed by atoms with E-state index in [2.05, 4.69) is 43.9 Å². The van der Waals surface area contributed by atoms with Crippen LogP contribution in [-0.2, 0) is 0 Å². The molecular weight excluding hydrogens is 350 g/mol. The molecule has 2 aliphatic rings. The average molecular weight is 375 g/mol. The smallest absolute Gasteiger partial charge is 0.251 e. The lowest BCUT2D eigenvalue weighted by Crippen LogP contribution is -2.31. The van der Waals surface area contributed by atoms with Gasteiger partial charge in [0.25, 0.3) is 5.91 Å². The fourth-order valence-electron chi connectivity index (χ4n) is 3.93. The van der Waals surface area contributed by atoms with Crippen LogP contribution in [0.15, 0.2) is 36.5 Å². The Hall–Kier alpha value is -2.89. The van der Waals surface area contributed by atoms with Crippen LogP contribution >= 0.6 is 0 Å². The van der Waals surface area contributed by atoms with E-state index in [1.165, 1.54) is 19.3 Å². The third-order valence-electron chi connectivity index (χ3n) is 5.75. The number of nitrogens with one attached hydrogen (secondary N) is 1. The Morgan fingerprint density at radius 3 is 2.68 bits per heavy atom. The van der Waals surface area contributed by atoms with Crippen molar-refractivity contribution in [1.82, 2.24) is 19.9 Å². The zero-order chi connectivity index (χ0) is 19.1. The maximum absolute atomic E-state index is 12.4. The van der Waals surface area contributed by atoms with Crippen molar-refractivity contribution in [3.8, 4) is 11.1 Å². The summed E-state index contributed by atoms with van der Waals surface area (Å²) in [5.41, 5.74) is 4.81. The Kier molecular flexibility index (Phi) is 4.26. The van der Waals surface area contributed by atoms with Gasteiger partial charge in [-0.25, -0.2) is 0 Å². The highest BCUT2D eigenvalue weighted by atomic mass is 16.1. The number of anilines is 1. The number of carbonyl (C=O) groups excluding carboxylic acids is 1. The number of nitrogens with zero attached hydrogens (tertiary/aromatic N) is 4. The minimum Gasteiger partial charge on any atom is -0.349 e. The third kappa shape index (κ3) is 3.23. The van der Waals surface area contributed by atoms with Gasteiger partial charge in [-0.1, -0.05) is 6.07 Å². The summed E-state index contributed by atoms with van der Waals surface area (Å²) in [4.78, 5) is 14.8. The van der Waals surface area contributed by atoms with E-state index < -0.39 is 0 Å². The van der Waals surface area contributed by atoms with Gasteiger partial charge in [0.15, 0.2) is 5.65 Å². The molecule has 0 unspecified atom stereocenters. The predicted molar refractivity (Wildman–Crippen MR) is 110 cm³/mol. The quantitative estimate of drug-likeness (QED) is 0.757. The van der Waals surface area contributed by atoms with Crippen LogP contribution in [0.25, 0.3) is 16.8 Å². The molecule has 2 aromatic heterocycles. The first-order chi connectivity index (χ1) is 13.7. The van der Waals surface area contributed by atoms with Crippen molar-refractivity contribution >= 4 is 17.5 Å². The van der Waals surface area contributed by atoms with E-state index in [9.17, 15) is 4.79 Å².